The minimum Gasteiger partial charge on any atom is -0.495 e. The van der Waals surface area contributed by atoms with Crippen molar-refractivity contribution >= 4 is 26.0 Å². The number of hydrogen-bond donors (Lipinski definition) is 0. The van der Waals surface area contributed by atoms with Crippen LogP contribution in [0, 0.1) is 11.5 Å². The molecule has 32 heavy (non-hydrogen) atoms. The summed E-state index contributed by atoms with van der Waals surface area (Å²) in [5, 5.41) is 9.20. The molecule has 1 heterocycles. The highest BCUT2D eigenvalue weighted by Gasteiger charge is 2.38. The highest BCUT2D eigenvalue weighted by atomic mass is 79.9. The molecule has 0 N–H and O–H groups in total. The predicted octanol–water partition coefficient (Wildman–Crippen LogP) is 4.10. The van der Waals surface area contributed by atoms with Crippen molar-refractivity contribution in [3.05, 3.63) is 52.5 Å². The van der Waals surface area contributed by atoms with Crippen LogP contribution >= 0.6 is 15.9 Å². The second-order valence-corrected chi connectivity index (χ2v) is 9.80. The number of methoxy groups -OCH3 is 1. The van der Waals surface area contributed by atoms with E-state index in [0.717, 1.165) is 12.1 Å². The summed E-state index contributed by atoms with van der Waals surface area (Å²) in [5.41, 5.74) is 0.305. The van der Waals surface area contributed by atoms with Crippen LogP contribution in [0.5, 0.6) is 11.5 Å². The summed E-state index contributed by atoms with van der Waals surface area (Å²) in [5.74, 6) is -0.319. The van der Waals surface area contributed by atoms with Crippen molar-refractivity contribution in [2.24, 2.45) is 0 Å². The van der Waals surface area contributed by atoms with Crippen LogP contribution in [0.3, 0.4) is 0 Å². The van der Waals surface area contributed by atoms with E-state index in [2.05, 4.69) is 20.7 Å². The monoisotopic (exact) mass is 533 g/mol. The summed E-state index contributed by atoms with van der Waals surface area (Å²) >= 11 is 3.26. The van der Waals surface area contributed by atoms with Crippen LogP contribution < -0.4 is 9.47 Å². The molecule has 1 atom stereocenters. The standard InChI is InChI=1S/C20H19BrF3N3O4S/c1-30-18-6-5-15(21)10-19(18)32(28,29)27(16-7-8-26(12-16)13-25)11-14-3-2-4-17(9-14)31-20(22,23)24/h2-6,9-10,16H,7-8,11-12H2,1H3/t16-/m1/s1. The third-order valence-corrected chi connectivity index (χ3v) is 7.31. The van der Waals surface area contributed by atoms with Crippen LogP contribution in [0.1, 0.15) is 12.0 Å². The van der Waals surface area contributed by atoms with Gasteiger partial charge in [-0.3, -0.25) is 0 Å². The number of hydrogen-bond acceptors (Lipinski definition) is 6. The highest BCUT2D eigenvalue weighted by molar-refractivity contribution is 9.10. The number of rotatable bonds is 7. The van der Waals surface area contributed by atoms with Gasteiger partial charge < -0.3 is 14.4 Å². The molecule has 2 aromatic carbocycles. The quantitative estimate of drug-likeness (QED) is 0.498. The molecule has 0 radical (unpaired) electrons. The van der Waals surface area contributed by atoms with Gasteiger partial charge in [0, 0.05) is 30.1 Å². The van der Waals surface area contributed by atoms with Gasteiger partial charge in [-0.1, -0.05) is 28.1 Å². The number of nitriles is 1. The maximum absolute atomic E-state index is 13.7. The van der Waals surface area contributed by atoms with Crippen molar-refractivity contribution in [1.82, 2.24) is 9.21 Å². The molecule has 12 heteroatoms. The normalized spacial score (nSPS) is 16.8. The molecule has 1 fully saturated rings. The molecule has 1 saturated heterocycles. The zero-order chi connectivity index (χ0) is 23.5. The van der Waals surface area contributed by atoms with E-state index in [1.807, 2.05) is 6.19 Å². The minimum atomic E-state index is -4.87. The minimum absolute atomic E-state index is 0.0903. The van der Waals surface area contributed by atoms with Crippen molar-refractivity contribution < 1.29 is 31.1 Å². The van der Waals surface area contributed by atoms with Gasteiger partial charge in [-0.25, -0.2) is 8.42 Å². The first-order valence-electron chi connectivity index (χ1n) is 9.38. The fourth-order valence-corrected chi connectivity index (χ4v) is 5.81. The summed E-state index contributed by atoms with van der Waals surface area (Å²) in [4.78, 5) is 1.35. The van der Waals surface area contributed by atoms with E-state index in [-0.39, 0.29) is 23.7 Å². The first-order valence-corrected chi connectivity index (χ1v) is 11.6. The number of alkyl halides is 3. The lowest BCUT2D eigenvalue weighted by Gasteiger charge is -2.28. The molecule has 0 bridgehead atoms. The Morgan fingerprint density at radius 3 is 2.66 bits per heavy atom. The number of nitrogens with zero attached hydrogens (tertiary/aromatic N) is 3. The van der Waals surface area contributed by atoms with Crippen LogP contribution in [0.4, 0.5) is 13.2 Å². The molecule has 0 aliphatic carbocycles. The fraction of sp³-hybridized carbons (Fsp3) is 0.350. The van der Waals surface area contributed by atoms with E-state index in [1.165, 1.54) is 40.6 Å². The van der Waals surface area contributed by atoms with Gasteiger partial charge in [0.05, 0.1) is 7.11 Å². The van der Waals surface area contributed by atoms with E-state index >= 15 is 0 Å². The molecule has 3 rings (SSSR count). The molecular formula is C20H19BrF3N3O4S. The van der Waals surface area contributed by atoms with Crippen LogP contribution in [0.25, 0.3) is 0 Å². The second-order valence-electron chi connectivity index (χ2n) is 7.03. The molecule has 0 aromatic heterocycles. The Kier molecular flexibility index (Phi) is 7.22. The van der Waals surface area contributed by atoms with Gasteiger partial charge in [0.25, 0.3) is 0 Å². The maximum Gasteiger partial charge on any atom is 0.573 e. The SMILES string of the molecule is COc1ccc(Br)cc1S(=O)(=O)N(Cc1cccc(OC(F)(F)F)c1)[C@@H]1CCN(C#N)C1. The number of sulfonamides is 1. The molecule has 7 nitrogen and oxygen atoms in total. The first kappa shape index (κ1) is 24.2. The van der Waals surface area contributed by atoms with Gasteiger partial charge in [-0.15, -0.1) is 13.2 Å². The first-order chi connectivity index (χ1) is 15.0. The molecule has 172 valence electrons. The molecule has 1 aliphatic heterocycles. The molecule has 1 aliphatic rings. The van der Waals surface area contributed by atoms with E-state index in [1.54, 1.807) is 6.07 Å². The smallest absolute Gasteiger partial charge is 0.495 e. The van der Waals surface area contributed by atoms with Crippen molar-refractivity contribution in [3.8, 4) is 17.7 Å². The highest BCUT2D eigenvalue weighted by Crippen LogP contribution is 2.34. The molecule has 0 amide bonds. The van der Waals surface area contributed by atoms with Crippen molar-refractivity contribution in [3.63, 3.8) is 0 Å². The van der Waals surface area contributed by atoms with Crippen LogP contribution in [0.15, 0.2) is 51.8 Å². The van der Waals surface area contributed by atoms with Crippen molar-refractivity contribution in [2.75, 3.05) is 20.2 Å². The Labute approximate surface area is 192 Å². The summed E-state index contributed by atoms with van der Waals surface area (Å²) in [6, 6.07) is 9.14. The third-order valence-electron chi connectivity index (χ3n) is 4.89. The van der Waals surface area contributed by atoms with Gasteiger partial charge in [-0.05, 0) is 42.3 Å². The lowest BCUT2D eigenvalue weighted by atomic mass is 10.2. The molecular weight excluding hydrogens is 515 g/mol. The zero-order valence-electron chi connectivity index (χ0n) is 16.8. The van der Waals surface area contributed by atoms with E-state index < -0.39 is 28.2 Å². The number of halogens is 4. The lowest BCUT2D eigenvalue weighted by molar-refractivity contribution is -0.274. The largest absolute Gasteiger partial charge is 0.573 e. The van der Waals surface area contributed by atoms with Gasteiger partial charge >= 0.3 is 6.36 Å². The van der Waals surface area contributed by atoms with E-state index in [9.17, 15) is 26.9 Å². The van der Waals surface area contributed by atoms with Gasteiger partial charge in [0.1, 0.15) is 16.4 Å². The Morgan fingerprint density at radius 1 is 1.28 bits per heavy atom. The van der Waals surface area contributed by atoms with Crippen LogP contribution in [-0.2, 0) is 16.6 Å². The zero-order valence-corrected chi connectivity index (χ0v) is 19.2. The molecule has 0 saturated carbocycles. The van der Waals surface area contributed by atoms with Crippen LogP contribution in [-0.4, -0.2) is 50.2 Å². The molecule has 0 spiro atoms. The Bertz CT molecular complexity index is 1120. The Hall–Kier alpha value is -2.49. The fourth-order valence-electron chi connectivity index (χ4n) is 3.48. The lowest BCUT2D eigenvalue weighted by Crippen LogP contribution is -2.41. The van der Waals surface area contributed by atoms with Crippen molar-refractivity contribution in [2.45, 2.75) is 30.3 Å². The average Bonchev–Trinajstić information content (AvgIpc) is 3.19. The van der Waals surface area contributed by atoms with E-state index in [0.29, 0.717) is 23.0 Å². The number of ether oxygens (including phenoxy) is 2. The summed E-state index contributed by atoms with van der Waals surface area (Å²) < 4.78 is 76.1. The van der Waals surface area contributed by atoms with E-state index in [4.69, 9.17) is 4.74 Å². The Balaban J connectivity index is 2.02. The summed E-state index contributed by atoms with van der Waals surface area (Å²) in [6.45, 7) is 0.335. The van der Waals surface area contributed by atoms with Gasteiger partial charge in [0.15, 0.2) is 6.19 Å². The summed E-state index contributed by atoms with van der Waals surface area (Å²) in [7, 11) is -2.80. The van der Waals surface area contributed by atoms with Crippen LogP contribution in [0.2, 0.25) is 0 Å². The summed E-state index contributed by atoms with van der Waals surface area (Å²) in [6.07, 6.45) is -2.47. The maximum atomic E-state index is 13.7. The van der Waals surface area contributed by atoms with Crippen molar-refractivity contribution in [1.29, 1.82) is 5.26 Å². The van der Waals surface area contributed by atoms with Gasteiger partial charge in [0.2, 0.25) is 10.0 Å². The second kappa shape index (κ2) is 9.56. The third kappa shape index (κ3) is 5.65. The predicted molar refractivity (Wildman–Crippen MR) is 112 cm³/mol. The topological polar surface area (TPSA) is 82.9 Å². The average molecular weight is 534 g/mol. The molecule has 0 unspecified atom stereocenters. The number of likely N-dealkylation sites (tertiary alicyclic amines) is 1. The molecule has 2 aromatic rings. The Morgan fingerprint density at radius 2 is 2.03 bits per heavy atom. The van der Waals surface area contributed by atoms with Gasteiger partial charge in [-0.2, -0.15) is 9.57 Å². The number of benzene rings is 2.